The van der Waals surface area contributed by atoms with Gasteiger partial charge in [0.15, 0.2) is 5.17 Å². The van der Waals surface area contributed by atoms with Gasteiger partial charge in [-0.1, -0.05) is 48.2 Å². The van der Waals surface area contributed by atoms with Crippen LogP contribution in [0.15, 0.2) is 59.7 Å². The van der Waals surface area contributed by atoms with Gasteiger partial charge in [0.2, 0.25) is 5.91 Å². The van der Waals surface area contributed by atoms with E-state index < -0.39 is 6.04 Å². The van der Waals surface area contributed by atoms with Gasteiger partial charge in [-0.3, -0.25) is 14.8 Å². The van der Waals surface area contributed by atoms with Crippen molar-refractivity contribution in [2.45, 2.75) is 37.7 Å². The molecule has 0 aliphatic carbocycles. The van der Waals surface area contributed by atoms with Crippen LogP contribution in [0.2, 0.25) is 0 Å². The van der Waals surface area contributed by atoms with Gasteiger partial charge >= 0.3 is 0 Å². The molecule has 0 unspecified atom stereocenters. The van der Waals surface area contributed by atoms with Gasteiger partial charge in [-0.25, -0.2) is 0 Å². The van der Waals surface area contributed by atoms with Crippen LogP contribution >= 0.6 is 11.8 Å². The van der Waals surface area contributed by atoms with E-state index in [0.717, 1.165) is 22.0 Å². The minimum Gasteiger partial charge on any atom is -0.489 e. The van der Waals surface area contributed by atoms with Crippen molar-refractivity contribution in [1.29, 1.82) is 5.26 Å². The number of pyridine rings is 1. The number of aliphatic hydroxyl groups is 1. The zero-order valence-electron chi connectivity index (χ0n) is 18.4. The van der Waals surface area contributed by atoms with Gasteiger partial charge in [0, 0.05) is 11.6 Å². The maximum atomic E-state index is 12.6. The number of aliphatic imine (C=N–C) groups is 1. The van der Waals surface area contributed by atoms with Crippen molar-refractivity contribution in [3.05, 3.63) is 71.4 Å². The lowest BCUT2D eigenvalue weighted by Crippen LogP contribution is -2.26. The van der Waals surface area contributed by atoms with Crippen molar-refractivity contribution in [1.82, 2.24) is 10.3 Å². The number of aromatic nitrogens is 1. The molecule has 2 atom stereocenters. The highest BCUT2D eigenvalue weighted by Crippen LogP contribution is 2.32. The maximum Gasteiger partial charge on any atom is 0.239 e. The third-order valence-electron chi connectivity index (χ3n) is 5.18. The van der Waals surface area contributed by atoms with Gasteiger partial charge in [-0.15, -0.1) is 0 Å². The molecule has 1 fully saturated rings. The predicted molar refractivity (Wildman–Crippen MR) is 129 cm³/mol. The number of amidine groups is 1. The van der Waals surface area contributed by atoms with Crippen molar-refractivity contribution >= 4 is 33.7 Å². The molecule has 0 radical (unpaired) electrons. The molecule has 0 saturated carbocycles. The lowest BCUT2D eigenvalue weighted by atomic mass is 10.0. The zero-order valence-corrected chi connectivity index (χ0v) is 19.2. The summed E-state index contributed by atoms with van der Waals surface area (Å²) in [6.45, 7) is 3.67. The van der Waals surface area contributed by atoms with Crippen molar-refractivity contribution in [3.63, 3.8) is 0 Å². The molecule has 2 N–H and O–H groups in total. The SMILES string of the molecule is CC(C)Oc1c(C#N)cnc2ccc(C[C@H]3SC(=N[C@@H](CO)c4ccccc4)NC3=O)cc12. The Balaban J connectivity index is 1.57. The average molecular weight is 461 g/mol. The fraction of sp³-hybridized carbons (Fsp3) is 0.280. The van der Waals surface area contributed by atoms with Crippen molar-refractivity contribution in [2.75, 3.05) is 6.61 Å². The van der Waals surface area contributed by atoms with Gasteiger partial charge in [-0.2, -0.15) is 5.26 Å². The van der Waals surface area contributed by atoms with Crippen LogP contribution in [-0.2, 0) is 11.2 Å². The Bertz CT molecular complexity index is 1240. The molecule has 2 aromatic carbocycles. The highest BCUT2D eigenvalue weighted by molar-refractivity contribution is 8.15. The number of benzene rings is 2. The number of hydrogen-bond acceptors (Lipinski definition) is 7. The molecule has 8 heteroatoms. The lowest BCUT2D eigenvalue weighted by Gasteiger charge is -2.14. The quantitative estimate of drug-likeness (QED) is 0.556. The van der Waals surface area contributed by atoms with Gasteiger partial charge < -0.3 is 15.2 Å². The number of thioether (sulfide) groups is 1. The van der Waals surface area contributed by atoms with E-state index in [9.17, 15) is 15.2 Å². The summed E-state index contributed by atoms with van der Waals surface area (Å²) in [5, 5.41) is 23.0. The molecule has 33 heavy (non-hydrogen) atoms. The smallest absolute Gasteiger partial charge is 0.239 e. The number of fused-ring (bicyclic) bond motifs is 1. The third-order valence-corrected chi connectivity index (χ3v) is 6.28. The van der Waals surface area contributed by atoms with Crippen LogP contribution in [0.5, 0.6) is 5.75 Å². The first-order chi connectivity index (χ1) is 16.0. The topological polar surface area (TPSA) is 108 Å². The Labute approximate surface area is 196 Å². The summed E-state index contributed by atoms with van der Waals surface area (Å²) in [7, 11) is 0. The number of aliphatic hydroxyl groups excluding tert-OH is 1. The molecule has 0 spiro atoms. The molecule has 168 valence electrons. The molecular formula is C25H24N4O3S. The van der Waals surface area contributed by atoms with Crippen LogP contribution in [0.25, 0.3) is 10.9 Å². The zero-order chi connectivity index (χ0) is 23.4. The Morgan fingerprint density at radius 3 is 2.76 bits per heavy atom. The molecule has 1 aromatic heterocycles. The van der Waals surface area contributed by atoms with Gasteiger partial charge in [-0.05, 0) is 43.5 Å². The van der Waals surface area contributed by atoms with E-state index in [0.29, 0.717) is 22.9 Å². The minimum absolute atomic E-state index is 0.0922. The number of nitrogens with zero attached hydrogens (tertiary/aromatic N) is 3. The molecule has 7 nitrogen and oxygen atoms in total. The number of ether oxygens (including phenoxy) is 1. The van der Waals surface area contributed by atoms with E-state index in [1.165, 1.54) is 18.0 Å². The molecule has 4 rings (SSSR count). The highest BCUT2D eigenvalue weighted by atomic mass is 32.2. The molecule has 1 saturated heterocycles. The first-order valence-electron chi connectivity index (χ1n) is 10.7. The summed E-state index contributed by atoms with van der Waals surface area (Å²) in [5.74, 6) is 0.393. The number of nitriles is 1. The van der Waals surface area contributed by atoms with E-state index in [2.05, 4.69) is 21.4 Å². The summed E-state index contributed by atoms with van der Waals surface area (Å²) in [5.41, 5.74) is 2.93. The van der Waals surface area contributed by atoms with Crippen LogP contribution in [0.4, 0.5) is 0 Å². The van der Waals surface area contributed by atoms with Crippen LogP contribution in [-0.4, -0.2) is 39.1 Å². The molecule has 2 heterocycles. The number of nitrogens with one attached hydrogen (secondary N) is 1. The molecule has 1 amide bonds. The molecule has 1 aliphatic rings. The lowest BCUT2D eigenvalue weighted by molar-refractivity contribution is -0.118. The summed E-state index contributed by atoms with van der Waals surface area (Å²) < 4.78 is 5.92. The Hall–Kier alpha value is -3.41. The fourth-order valence-electron chi connectivity index (χ4n) is 3.64. The highest BCUT2D eigenvalue weighted by Gasteiger charge is 2.31. The summed E-state index contributed by atoms with van der Waals surface area (Å²) in [6.07, 6.45) is 1.91. The van der Waals surface area contributed by atoms with Crippen LogP contribution in [0, 0.1) is 11.3 Å². The van der Waals surface area contributed by atoms with Crippen LogP contribution < -0.4 is 10.1 Å². The minimum atomic E-state index is -0.431. The molecule has 1 aliphatic heterocycles. The van der Waals surface area contributed by atoms with E-state index in [-0.39, 0.29) is 23.9 Å². The number of rotatable bonds is 7. The molecule has 3 aromatic rings. The monoisotopic (exact) mass is 460 g/mol. The normalized spacial score (nSPS) is 17.8. The van der Waals surface area contributed by atoms with Crippen molar-refractivity contribution < 1.29 is 14.6 Å². The van der Waals surface area contributed by atoms with E-state index in [1.807, 2.05) is 62.4 Å². The summed E-state index contributed by atoms with van der Waals surface area (Å²) in [6, 6.07) is 17.0. The van der Waals surface area contributed by atoms with E-state index >= 15 is 0 Å². The van der Waals surface area contributed by atoms with E-state index in [4.69, 9.17) is 4.74 Å². The fourth-order valence-corrected chi connectivity index (χ4v) is 4.70. The number of hydrogen-bond donors (Lipinski definition) is 2. The second-order valence-electron chi connectivity index (χ2n) is 7.97. The van der Waals surface area contributed by atoms with Gasteiger partial charge in [0.05, 0.1) is 23.5 Å². The van der Waals surface area contributed by atoms with Crippen LogP contribution in [0.1, 0.15) is 36.6 Å². The third kappa shape index (κ3) is 5.16. The van der Waals surface area contributed by atoms with Crippen LogP contribution in [0.3, 0.4) is 0 Å². The maximum absolute atomic E-state index is 12.6. The Kier molecular flexibility index (Phi) is 6.92. The van der Waals surface area contributed by atoms with Gasteiger partial charge in [0.25, 0.3) is 0 Å². The van der Waals surface area contributed by atoms with E-state index in [1.54, 1.807) is 0 Å². The summed E-state index contributed by atoms with van der Waals surface area (Å²) >= 11 is 1.36. The largest absolute Gasteiger partial charge is 0.489 e. The predicted octanol–water partition coefficient (Wildman–Crippen LogP) is 3.76. The Morgan fingerprint density at radius 2 is 2.06 bits per heavy atom. The molecular weight excluding hydrogens is 436 g/mol. The standard InChI is InChI=1S/C25H24N4O3S/c1-15(2)32-23-18(12-26)13-27-20-9-8-16(10-19(20)23)11-22-24(31)29-25(33-22)28-21(14-30)17-6-4-3-5-7-17/h3-10,13,15,21-22,30H,11,14H2,1-2H3,(H,28,29,31)/t21-,22+/m0/s1. The average Bonchev–Trinajstić information content (AvgIpc) is 3.16. The first-order valence-corrected chi connectivity index (χ1v) is 11.6. The second kappa shape index (κ2) is 10.0. The van der Waals surface area contributed by atoms with Gasteiger partial charge in [0.1, 0.15) is 23.4 Å². The number of carbonyl (C=O) groups is 1. The number of amides is 1. The Morgan fingerprint density at radius 1 is 1.27 bits per heavy atom. The van der Waals surface area contributed by atoms with Crippen molar-refractivity contribution in [2.24, 2.45) is 4.99 Å². The van der Waals surface area contributed by atoms with Crippen molar-refractivity contribution in [3.8, 4) is 11.8 Å². The number of carbonyl (C=O) groups excluding carboxylic acids is 1. The second-order valence-corrected chi connectivity index (χ2v) is 9.17. The summed E-state index contributed by atoms with van der Waals surface area (Å²) in [4.78, 5) is 21.5. The first kappa shape index (κ1) is 22.8. The molecule has 0 bridgehead atoms.